The van der Waals surface area contributed by atoms with Gasteiger partial charge in [-0.3, -0.25) is 0 Å². The summed E-state index contributed by atoms with van der Waals surface area (Å²) in [6.45, 7) is 0. The molecule has 0 spiro atoms. The zero-order chi connectivity index (χ0) is 26.8. The van der Waals surface area contributed by atoms with E-state index in [9.17, 15) is 0 Å². The molecule has 0 bridgehead atoms. The third kappa shape index (κ3) is 3.17. The first kappa shape index (κ1) is 22.9. The van der Waals surface area contributed by atoms with Gasteiger partial charge in [0.25, 0.3) is 0 Å². The van der Waals surface area contributed by atoms with Gasteiger partial charge in [0.1, 0.15) is 0 Å². The van der Waals surface area contributed by atoms with Crippen LogP contribution in [0.3, 0.4) is 0 Å². The second-order valence-corrected chi connectivity index (χ2v) is 11.2. The lowest BCUT2D eigenvalue weighted by molar-refractivity contribution is 1.17. The maximum Gasteiger partial charge on any atom is 0.0556 e. The van der Waals surface area contributed by atoms with E-state index >= 15 is 0 Å². The Labute approximate surface area is 234 Å². The molecule has 3 nitrogen and oxygen atoms in total. The van der Waals surface area contributed by atoms with Gasteiger partial charge in [-0.15, -0.1) is 11.3 Å². The van der Waals surface area contributed by atoms with Crippen molar-refractivity contribution in [3.63, 3.8) is 0 Å². The Morgan fingerprint density at radius 2 is 1.23 bits per heavy atom. The number of hydrogen-bond acceptors (Lipinski definition) is 3. The number of benzene rings is 6. The van der Waals surface area contributed by atoms with Gasteiger partial charge in [0.2, 0.25) is 0 Å². The van der Waals surface area contributed by atoms with Gasteiger partial charge in [-0.2, -0.15) is 0 Å². The second-order valence-electron chi connectivity index (χ2n) is 10.1. The van der Waals surface area contributed by atoms with Gasteiger partial charge in [0, 0.05) is 54.5 Å². The predicted molar refractivity (Wildman–Crippen MR) is 172 cm³/mol. The van der Waals surface area contributed by atoms with E-state index in [4.69, 9.17) is 10.8 Å². The van der Waals surface area contributed by atoms with Gasteiger partial charge in [0.15, 0.2) is 0 Å². The van der Waals surface area contributed by atoms with Gasteiger partial charge >= 0.3 is 0 Å². The van der Waals surface area contributed by atoms with E-state index in [0.717, 1.165) is 39.0 Å². The largest absolute Gasteiger partial charge is 0.309 e. The van der Waals surface area contributed by atoms with Crippen LogP contribution in [0.2, 0.25) is 0 Å². The van der Waals surface area contributed by atoms with Crippen molar-refractivity contribution in [3.05, 3.63) is 126 Å². The van der Waals surface area contributed by atoms with E-state index in [1.807, 2.05) is 0 Å². The lowest BCUT2D eigenvalue weighted by atomic mass is 9.92. The van der Waals surface area contributed by atoms with E-state index in [-0.39, 0.29) is 0 Å². The Balaban J connectivity index is 1.46. The van der Waals surface area contributed by atoms with Crippen LogP contribution in [-0.2, 0) is 0 Å². The minimum Gasteiger partial charge on any atom is -0.309 e. The molecule has 2 N–H and O–H groups in total. The molecule has 0 saturated heterocycles. The van der Waals surface area contributed by atoms with Crippen LogP contribution in [0.25, 0.3) is 69.6 Å². The smallest absolute Gasteiger partial charge is 0.0556 e. The number of nitrogens with one attached hydrogen (secondary N) is 2. The first-order valence-electron chi connectivity index (χ1n) is 13.3. The number of rotatable bonds is 4. The highest BCUT2D eigenvalue weighted by Gasteiger charge is 2.20. The first-order chi connectivity index (χ1) is 19.8. The summed E-state index contributed by atoms with van der Waals surface area (Å²) in [6.07, 6.45) is 2.82. The monoisotopic (exact) mass is 529 g/mol. The van der Waals surface area contributed by atoms with Crippen LogP contribution in [0.5, 0.6) is 0 Å². The van der Waals surface area contributed by atoms with E-state index in [2.05, 4.69) is 120 Å². The summed E-state index contributed by atoms with van der Waals surface area (Å²) in [5.74, 6) is 0. The third-order valence-electron chi connectivity index (χ3n) is 8.03. The lowest BCUT2D eigenvalue weighted by Crippen LogP contribution is -2.04. The summed E-state index contributed by atoms with van der Waals surface area (Å²) in [4.78, 5) is 0. The number of nitrogens with zero attached hydrogens (tertiary/aromatic N) is 1. The topological polar surface area (TPSA) is 52.6 Å². The molecule has 0 unspecified atom stereocenters. The maximum atomic E-state index is 8.56. The van der Waals surface area contributed by atoms with Crippen LogP contribution >= 0.6 is 11.3 Å². The molecule has 0 atom stereocenters. The average Bonchev–Trinajstić information content (AvgIpc) is 3.54. The Bertz CT molecular complexity index is 2320. The molecule has 8 rings (SSSR count). The minimum absolute atomic E-state index is 0.736. The summed E-state index contributed by atoms with van der Waals surface area (Å²) in [6, 6.07) is 40.6. The van der Waals surface area contributed by atoms with Crippen LogP contribution in [0.1, 0.15) is 11.1 Å². The fraction of sp³-hybridized carbons (Fsp3) is 0. The number of hydrogen-bond donors (Lipinski definition) is 2. The number of para-hydroxylation sites is 1. The minimum atomic E-state index is 0.736. The summed E-state index contributed by atoms with van der Waals surface area (Å²) in [5.41, 5.74) is 6.64. The SMILES string of the molecule is N=Cc1c(-c2cccc3sc4ccccc4c23)ccc(-n2c3ccccc3c3cc4ccccc4cc32)c1C=N. The molecule has 2 heterocycles. The van der Waals surface area contributed by atoms with Crippen molar-refractivity contribution in [1.82, 2.24) is 4.57 Å². The van der Waals surface area contributed by atoms with E-state index in [1.165, 1.54) is 54.1 Å². The molecular formula is C36H23N3S. The Hall–Kier alpha value is -5.06. The summed E-state index contributed by atoms with van der Waals surface area (Å²) in [7, 11) is 0. The van der Waals surface area contributed by atoms with Crippen LogP contribution in [0.4, 0.5) is 0 Å². The van der Waals surface area contributed by atoms with Crippen molar-refractivity contribution in [2.45, 2.75) is 0 Å². The molecule has 6 aromatic carbocycles. The highest BCUT2D eigenvalue weighted by Crippen LogP contribution is 2.42. The Morgan fingerprint density at radius 3 is 2.05 bits per heavy atom. The van der Waals surface area contributed by atoms with Crippen molar-refractivity contribution >= 4 is 76.5 Å². The summed E-state index contributed by atoms with van der Waals surface area (Å²) in [5, 5.41) is 24.3. The highest BCUT2D eigenvalue weighted by atomic mass is 32.1. The number of aromatic nitrogens is 1. The van der Waals surface area contributed by atoms with Gasteiger partial charge in [-0.25, -0.2) is 0 Å². The molecule has 0 aliphatic rings. The first-order valence-corrected chi connectivity index (χ1v) is 14.1. The van der Waals surface area contributed by atoms with E-state index < -0.39 is 0 Å². The van der Waals surface area contributed by atoms with Crippen molar-refractivity contribution in [2.75, 3.05) is 0 Å². The fourth-order valence-electron chi connectivity index (χ4n) is 6.28. The zero-order valence-corrected chi connectivity index (χ0v) is 22.3. The molecule has 8 aromatic rings. The van der Waals surface area contributed by atoms with Crippen LogP contribution in [-0.4, -0.2) is 17.0 Å². The Morgan fingerprint density at radius 1 is 0.525 bits per heavy atom. The van der Waals surface area contributed by atoms with E-state index in [0.29, 0.717) is 0 Å². The molecular weight excluding hydrogens is 506 g/mol. The van der Waals surface area contributed by atoms with Gasteiger partial charge < -0.3 is 15.4 Å². The molecule has 0 amide bonds. The highest BCUT2D eigenvalue weighted by molar-refractivity contribution is 7.25. The zero-order valence-electron chi connectivity index (χ0n) is 21.5. The summed E-state index contributed by atoms with van der Waals surface area (Å²) >= 11 is 1.79. The maximum absolute atomic E-state index is 8.56. The van der Waals surface area contributed by atoms with Gasteiger partial charge in [-0.1, -0.05) is 78.9 Å². The third-order valence-corrected chi connectivity index (χ3v) is 9.16. The molecule has 0 fully saturated rings. The fourth-order valence-corrected chi connectivity index (χ4v) is 7.41. The number of thiophene rings is 1. The van der Waals surface area contributed by atoms with Crippen LogP contribution in [0.15, 0.2) is 115 Å². The van der Waals surface area contributed by atoms with Gasteiger partial charge in [0.05, 0.1) is 16.7 Å². The van der Waals surface area contributed by atoms with Crippen LogP contribution < -0.4 is 0 Å². The quantitative estimate of drug-likeness (QED) is 0.213. The standard InChI is InChI=1S/C36H23N3S/c37-20-29-24(26-12-7-15-35-36(26)27-11-4-6-14-34(27)40-35)16-17-32(30(29)21-38)39-31-13-5-3-10-25(31)28-18-22-8-1-2-9-23(22)19-33(28)39/h1-21,37-38H. The molecule has 188 valence electrons. The second kappa shape index (κ2) is 8.73. The molecule has 0 saturated carbocycles. The molecule has 0 aliphatic heterocycles. The molecule has 0 radical (unpaired) electrons. The average molecular weight is 530 g/mol. The van der Waals surface area contributed by atoms with Crippen molar-refractivity contribution in [2.24, 2.45) is 0 Å². The van der Waals surface area contributed by atoms with E-state index in [1.54, 1.807) is 11.3 Å². The Kier molecular flexibility index (Phi) is 5.00. The number of fused-ring (bicyclic) bond motifs is 7. The van der Waals surface area contributed by atoms with Crippen molar-refractivity contribution in [1.29, 1.82) is 10.8 Å². The molecule has 40 heavy (non-hydrogen) atoms. The van der Waals surface area contributed by atoms with Crippen LogP contribution in [0, 0.1) is 10.8 Å². The normalized spacial score (nSPS) is 11.7. The molecule has 4 heteroatoms. The van der Waals surface area contributed by atoms with Crippen molar-refractivity contribution < 1.29 is 0 Å². The summed E-state index contributed by atoms with van der Waals surface area (Å²) < 4.78 is 4.74. The molecule has 2 aromatic heterocycles. The lowest BCUT2D eigenvalue weighted by Gasteiger charge is -2.17. The van der Waals surface area contributed by atoms with Crippen molar-refractivity contribution in [3.8, 4) is 16.8 Å². The molecule has 0 aliphatic carbocycles. The predicted octanol–water partition coefficient (Wildman–Crippen LogP) is 9.97. The van der Waals surface area contributed by atoms with Gasteiger partial charge in [-0.05, 0) is 58.3 Å².